The van der Waals surface area contributed by atoms with Gasteiger partial charge in [-0.05, 0) is 24.1 Å². The second-order valence-electron chi connectivity index (χ2n) is 3.33. The molecule has 1 aromatic heterocycles. The van der Waals surface area contributed by atoms with Gasteiger partial charge in [0.1, 0.15) is 6.17 Å². The van der Waals surface area contributed by atoms with Gasteiger partial charge in [0, 0.05) is 25.5 Å². The molecule has 2 aliphatic heterocycles. The molecule has 3 rings (SSSR count). The van der Waals surface area contributed by atoms with Gasteiger partial charge in [0.25, 0.3) is 0 Å². The Morgan fingerprint density at radius 2 is 1.83 bits per heavy atom. The lowest BCUT2D eigenvalue weighted by atomic mass is 10.2. The summed E-state index contributed by atoms with van der Waals surface area (Å²) in [6.45, 7) is 2.46. The Morgan fingerprint density at radius 1 is 1.17 bits per heavy atom. The largest absolute Gasteiger partial charge is 0.265 e. The number of hydrogen-bond donors (Lipinski definition) is 0. The van der Waals surface area contributed by atoms with E-state index in [1.807, 2.05) is 12.4 Å². The topological polar surface area (TPSA) is 18.9 Å². The number of aromatic nitrogens is 1. The van der Waals surface area contributed by atoms with Gasteiger partial charge < -0.3 is 0 Å². The smallest absolute Gasteiger partial charge is 0.115 e. The van der Waals surface area contributed by atoms with Gasteiger partial charge in [0.2, 0.25) is 0 Å². The van der Waals surface area contributed by atoms with Gasteiger partial charge in [-0.2, -0.15) is 0 Å². The van der Waals surface area contributed by atoms with Gasteiger partial charge in [-0.3, -0.25) is 4.98 Å². The first-order valence-electron chi connectivity index (χ1n) is 4.40. The monoisotopic (exact) mass is 161 g/mol. The maximum atomic E-state index is 4.01. The van der Waals surface area contributed by atoms with Gasteiger partial charge in [0.15, 0.2) is 0 Å². The highest BCUT2D eigenvalue weighted by molar-refractivity contribution is 5.19. The third kappa shape index (κ3) is 0.806. The molecule has 2 aliphatic rings. The Labute approximate surface area is 71.6 Å². The maximum Gasteiger partial charge on any atom is 0.115 e. The van der Waals surface area contributed by atoms with E-state index in [1.54, 1.807) is 0 Å². The van der Waals surface area contributed by atoms with Gasteiger partial charge in [-0.25, -0.2) is 10.0 Å². The molecule has 0 aliphatic carbocycles. The number of nitrogens with zero attached hydrogens (tertiary/aromatic N) is 3. The molecule has 2 atom stereocenters. The molecule has 0 spiro atoms. The number of pyridine rings is 1. The fourth-order valence-corrected chi connectivity index (χ4v) is 2.02. The minimum atomic E-state index is 0.571. The summed E-state index contributed by atoms with van der Waals surface area (Å²) in [6.07, 6.45) is 5.63. The van der Waals surface area contributed by atoms with Gasteiger partial charge in [-0.15, -0.1) is 0 Å². The van der Waals surface area contributed by atoms with Crippen LogP contribution in [0.4, 0.5) is 0 Å². The molecule has 0 bridgehead atoms. The van der Waals surface area contributed by atoms with E-state index < -0.39 is 0 Å². The summed E-state index contributed by atoms with van der Waals surface area (Å²) in [4.78, 5) is 4.01. The van der Waals surface area contributed by atoms with Crippen LogP contribution < -0.4 is 0 Å². The van der Waals surface area contributed by atoms with Gasteiger partial charge in [0.05, 0.1) is 0 Å². The van der Waals surface area contributed by atoms with Crippen molar-refractivity contribution in [1.29, 1.82) is 0 Å². The lowest BCUT2D eigenvalue weighted by molar-refractivity contribution is 0.412. The SMILES string of the molecule is c1cc(C2N3CCCN23)ccn1. The van der Waals surface area contributed by atoms with E-state index in [9.17, 15) is 0 Å². The molecule has 12 heavy (non-hydrogen) atoms. The molecule has 0 radical (unpaired) electrons. The van der Waals surface area contributed by atoms with Crippen molar-refractivity contribution in [3.8, 4) is 0 Å². The fraction of sp³-hybridized carbons (Fsp3) is 0.444. The van der Waals surface area contributed by atoms with Crippen LogP contribution in [0.2, 0.25) is 0 Å². The summed E-state index contributed by atoms with van der Waals surface area (Å²) in [5, 5.41) is 4.82. The summed E-state index contributed by atoms with van der Waals surface area (Å²) in [6, 6.07) is 4.20. The van der Waals surface area contributed by atoms with Gasteiger partial charge in [-0.1, -0.05) is 0 Å². The first kappa shape index (κ1) is 6.57. The van der Waals surface area contributed by atoms with E-state index in [1.165, 1.54) is 25.1 Å². The van der Waals surface area contributed by atoms with E-state index >= 15 is 0 Å². The van der Waals surface area contributed by atoms with E-state index in [4.69, 9.17) is 0 Å². The average Bonchev–Trinajstić information content (AvgIpc) is 2.62. The molecule has 0 aromatic carbocycles. The van der Waals surface area contributed by atoms with E-state index in [-0.39, 0.29) is 0 Å². The summed E-state index contributed by atoms with van der Waals surface area (Å²) in [5.41, 5.74) is 1.38. The van der Waals surface area contributed by atoms with Crippen LogP contribution in [-0.4, -0.2) is 28.1 Å². The Balaban J connectivity index is 1.85. The average molecular weight is 161 g/mol. The molecule has 0 amide bonds. The summed E-state index contributed by atoms with van der Waals surface area (Å²) in [5.74, 6) is 0. The lowest BCUT2D eigenvalue weighted by Crippen LogP contribution is -1.99. The zero-order chi connectivity index (χ0) is 7.97. The molecule has 2 saturated heterocycles. The molecular weight excluding hydrogens is 150 g/mol. The van der Waals surface area contributed by atoms with Crippen LogP contribution in [0.15, 0.2) is 24.5 Å². The van der Waals surface area contributed by atoms with E-state index in [0.717, 1.165) is 0 Å². The summed E-state index contributed by atoms with van der Waals surface area (Å²) >= 11 is 0. The van der Waals surface area contributed by atoms with Crippen LogP contribution in [-0.2, 0) is 0 Å². The Morgan fingerprint density at radius 3 is 2.50 bits per heavy atom. The van der Waals surface area contributed by atoms with Crippen molar-refractivity contribution in [3.05, 3.63) is 30.1 Å². The molecule has 2 unspecified atom stereocenters. The van der Waals surface area contributed by atoms with Crippen molar-refractivity contribution in [2.45, 2.75) is 12.6 Å². The minimum Gasteiger partial charge on any atom is -0.265 e. The predicted molar refractivity (Wildman–Crippen MR) is 45.0 cm³/mol. The van der Waals surface area contributed by atoms with Crippen molar-refractivity contribution in [2.75, 3.05) is 13.1 Å². The van der Waals surface area contributed by atoms with Crippen molar-refractivity contribution in [3.63, 3.8) is 0 Å². The molecule has 2 fully saturated rings. The van der Waals surface area contributed by atoms with Crippen molar-refractivity contribution in [2.24, 2.45) is 0 Å². The van der Waals surface area contributed by atoms with Gasteiger partial charge >= 0.3 is 0 Å². The molecular formula is C9H11N3. The van der Waals surface area contributed by atoms with E-state index in [0.29, 0.717) is 6.17 Å². The number of fused-ring (bicyclic) bond motifs is 1. The highest BCUT2D eigenvalue weighted by Gasteiger charge is 2.48. The minimum absolute atomic E-state index is 0.571. The molecule has 0 N–H and O–H groups in total. The molecule has 1 aromatic rings. The van der Waals surface area contributed by atoms with Crippen LogP contribution in [0.25, 0.3) is 0 Å². The highest BCUT2D eigenvalue weighted by atomic mass is 15.9. The maximum absolute atomic E-state index is 4.01. The zero-order valence-electron chi connectivity index (χ0n) is 6.85. The Hall–Kier alpha value is -0.930. The van der Waals surface area contributed by atoms with Crippen LogP contribution in [0.3, 0.4) is 0 Å². The van der Waals surface area contributed by atoms with E-state index in [2.05, 4.69) is 27.1 Å². The lowest BCUT2D eigenvalue weighted by Gasteiger charge is -1.99. The number of hydrogen-bond acceptors (Lipinski definition) is 3. The molecule has 3 heterocycles. The highest BCUT2D eigenvalue weighted by Crippen LogP contribution is 2.44. The third-order valence-corrected chi connectivity index (χ3v) is 2.62. The van der Waals surface area contributed by atoms with Crippen molar-refractivity contribution < 1.29 is 0 Å². The summed E-state index contributed by atoms with van der Waals surface area (Å²) < 4.78 is 0. The standard InChI is InChI=1S/C9H11N3/c1-6-11-9(12(11)7-1)8-2-4-10-5-3-8/h2-5,9H,1,6-7H2. The third-order valence-electron chi connectivity index (χ3n) is 2.62. The number of rotatable bonds is 1. The quantitative estimate of drug-likeness (QED) is 0.573. The normalized spacial score (nSPS) is 37.8. The molecule has 0 saturated carbocycles. The van der Waals surface area contributed by atoms with Crippen LogP contribution in [0, 0.1) is 0 Å². The van der Waals surface area contributed by atoms with Crippen LogP contribution in [0.5, 0.6) is 0 Å². The number of hydrazine groups is 1. The molecule has 3 heteroatoms. The first-order chi connectivity index (χ1) is 5.97. The van der Waals surface area contributed by atoms with Crippen LogP contribution in [0.1, 0.15) is 18.2 Å². The first-order valence-corrected chi connectivity index (χ1v) is 4.40. The molecule has 62 valence electrons. The zero-order valence-corrected chi connectivity index (χ0v) is 6.85. The van der Waals surface area contributed by atoms with Crippen molar-refractivity contribution in [1.82, 2.24) is 15.0 Å². The summed E-state index contributed by atoms with van der Waals surface area (Å²) in [7, 11) is 0. The Bertz CT molecular complexity index is 275. The van der Waals surface area contributed by atoms with Crippen molar-refractivity contribution >= 4 is 0 Å². The second-order valence-corrected chi connectivity index (χ2v) is 3.33. The fourth-order valence-electron chi connectivity index (χ4n) is 2.02. The Kier molecular flexibility index (Phi) is 1.25. The predicted octanol–water partition coefficient (Wildman–Crippen LogP) is 1.02. The second kappa shape index (κ2) is 2.28. The van der Waals surface area contributed by atoms with Crippen LogP contribution >= 0.6 is 0 Å². The molecule has 3 nitrogen and oxygen atoms in total.